The van der Waals surface area contributed by atoms with Crippen molar-refractivity contribution in [3.8, 4) is 0 Å². The molecule has 2 heterocycles. The van der Waals surface area contributed by atoms with Crippen molar-refractivity contribution in [1.82, 2.24) is 15.4 Å². The number of hydrogen-bond donors (Lipinski definition) is 2. The number of benzene rings is 1. The fourth-order valence-corrected chi connectivity index (χ4v) is 4.50. The van der Waals surface area contributed by atoms with Gasteiger partial charge in [0.15, 0.2) is 11.6 Å². The first-order valence-electron chi connectivity index (χ1n) is 10.2. The third-order valence-electron chi connectivity index (χ3n) is 6.17. The van der Waals surface area contributed by atoms with Crippen LogP contribution in [-0.4, -0.2) is 60.0 Å². The van der Waals surface area contributed by atoms with Gasteiger partial charge in [-0.3, -0.25) is 4.90 Å². The SMILES string of the molecule is O=C(O)NC1CCC(CCN2CCN(c3noc4c(F)cc(F)cc34)CC2)CC1. The Kier molecular flexibility index (Phi) is 5.84. The summed E-state index contributed by atoms with van der Waals surface area (Å²) in [5.41, 5.74) is -0.00294. The highest BCUT2D eigenvalue weighted by Crippen LogP contribution is 2.30. The molecule has 2 aliphatic rings. The number of nitrogens with zero attached hydrogens (tertiary/aromatic N) is 3. The van der Waals surface area contributed by atoms with E-state index in [0.29, 0.717) is 17.1 Å². The molecule has 9 heteroatoms. The Hall–Kier alpha value is -2.42. The number of carbonyl (C=O) groups is 1. The van der Waals surface area contributed by atoms with Crippen LogP contribution >= 0.6 is 0 Å². The molecule has 1 saturated carbocycles. The van der Waals surface area contributed by atoms with Crippen molar-refractivity contribution in [3.63, 3.8) is 0 Å². The number of aromatic nitrogens is 1. The maximum Gasteiger partial charge on any atom is 0.404 e. The molecule has 158 valence electrons. The number of fused-ring (bicyclic) bond motifs is 1. The average molecular weight is 408 g/mol. The van der Waals surface area contributed by atoms with Gasteiger partial charge in [-0.1, -0.05) is 5.16 Å². The molecule has 0 unspecified atom stereocenters. The van der Waals surface area contributed by atoms with E-state index in [-0.39, 0.29) is 11.6 Å². The number of halogens is 2. The van der Waals surface area contributed by atoms with Gasteiger partial charge in [-0.05, 0) is 50.6 Å². The van der Waals surface area contributed by atoms with Gasteiger partial charge in [-0.25, -0.2) is 13.6 Å². The molecular formula is C20H26F2N4O3. The maximum absolute atomic E-state index is 13.8. The zero-order valence-corrected chi connectivity index (χ0v) is 16.2. The minimum Gasteiger partial charge on any atom is -0.465 e. The van der Waals surface area contributed by atoms with Gasteiger partial charge < -0.3 is 19.8 Å². The van der Waals surface area contributed by atoms with Crippen molar-refractivity contribution >= 4 is 22.9 Å². The molecule has 2 fully saturated rings. The van der Waals surface area contributed by atoms with Crippen molar-refractivity contribution in [2.75, 3.05) is 37.6 Å². The Morgan fingerprint density at radius 3 is 2.59 bits per heavy atom. The van der Waals surface area contributed by atoms with Crippen LogP contribution in [0.4, 0.5) is 19.4 Å². The van der Waals surface area contributed by atoms with E-state index < -0.39 is 17.7 Å². The zero-order valence-electron chi connectivity index (χ0n) is 16.2. The lowest BCUT2D eigenvalue weighted by Gasteiger charge is -2.36. The van der Waals surface area contributed by atoms with Crippen LogP contribution in [0, 0.1) is 17.6 Å². The van der Waals surface area contributed by atoms with Crippen molar-refractivity contribution in [2.24, 2.45) is 5.92 Å². The van der Waals surface area contributed by atoms with Gasteiger partial charge in [0.2, 0.25) is 5.58 Å². The molecule has 1 aromatic heterocycles. The normalized spacial score (nSPS) is 23.4. The van der Waals surface area contributed by atoms with Gasteiger partial charge in [0.05, 0.1) is 5.39 Å². The summed E-state index contributed by atoms with van der Waals surface area (Å²) in [7, 11) is 0. The van der Waals surface area contributed by atoms with Gasteiger partial charge in [-0.15, -0.1) is 0 Å². The van der Waals surface area contributed by atoms with E-state index in [2.05, 4.69) is 15.4 Å². The lowest BCUT2D eigenvalue weighted by atomic mass is 9.84. The molecule has 0 atom stereocenters. The Morgan fingerprint density at radius 2 is 1.90 bits per heavy atom. The molecule has 29 heavy (non-hydrogen) atoms. The molecule has 0 bridgehead atoms. The molecular weight excluding hydrogens is 382 g/mol. The second-order valence-corrected chi connectivity index (χ2v) is 8.05. The average Bonchev–Trinajstić information content (AvgIpc) is 3.11. The summed E-state index contributed by atoms with van der Waals surface area (Å²) in [5, 5.41) is 15.7. The third kappa shape index (κ3) is 4.60. The molecule has 0 radical (unpaired) electrons. The minimum absolute atomic E-state index is 0.00294. The molecule has 1 aromatic carbocycles. The van der Waals surface area contributed by atoms with Crippen molar-refractivity contribution in [3.05, 3.63) is 23.8 Å². The smallest absolute Gasteiger partial charge is 0.404 e. The monoisotopic (exact) mass is 408 g/mol. The highest BCUT2D eigenvalue weighted by molar-refractivity contribution is 5.89. The van der Waals surface area contributed by atoms with E-state index in [9.17, 15) is 13.6 Å². The second-order valence-electron chi connectivity index (χ2n) is 8.05. The highest BCUT2D eigenvalue weighted by Gasteiger charge is 2.25. The van der Waals surface area contributed by atoms with Gasteiger partial charge >= 0.3 is 6.09 Å². The van der Waals surface area contributed by atoms with E-state index >= 15 is 0 Å². The number of piperazine rings is 1. The van der Waals surface area contributed by atoms with Gasteiger partial charge in [0.1, 0.15) is 5.82 Å². The molecule has 1 aliphatic carbocycles. The van der Waals surface area contributed by atoms with Crippen molar-refractivity contribution in [2.45, 2.75) is 38.1 Å². The predicted molar refractivity (Wildman–Crippen MR) is 104 cm³/mol. The molecule has 0 spiro atoms. The lowest BCUT2D eigenvalue weighted by molar-refractivity contribution is 0.177. The van der Waals surface area contributed by atoms with E-state index in [1.807, 2.05) is 4.90 Å². The van der Waals surface area contributed by atoms with Crippen molar-refractivity contribution < 1.29 is 23.2 Å². The predicted octanol–water partition coefficient (Wildman–Crippen LogP) is 3.44. The van der Waals surface area contributed by atoms with Gasteiger partial charge in [0, 0.05) is 38.3 Å². The Bertz CT molecular complexity index is 859. The summed E-state index contributed by atoms with van der Waals surface area (Å²) < 4.78 is 32.5. The van der Waals surface area contributed by atoms with Crippen LogP contribution in [0.2, 0.25) is 0 Å². The van der Waals surface area contributed by atoms with E-state index in [0.717, 1.165) is 70.9 Å². The topological polar surface area (TPSA) is 81.8 Å². The largest absolute Gasteiger partial charge is 0.465 e. The standard InChI is InChI=1S/C20H26F2N4O3/c21-14-11-16-18(17(22)12-14)29-24-19(16)26-9-7-25(8-10-26)6-5-13-1-3-15(4-2-13)23-20(27)28/h11-13,15,23H,1-10H2,(H,27,28). The Labute approximate surface area is 167 Å². The van der Waals surface area contributed by atoms with E-state index in [1.54, 1.807) is 0 Å². The van der Waals surface area contributed by atoms with E-state index in [1.165, 1.54) is 6.07 Å². The Balaban J connectivity index is 1.25. The molecule has 1 amide bonds. The van der Waals surface area contributed by atoms with Crippen LogP contribution in [0.25, 0.3) is 11.0 Å². The summed E-state index contributed by atoms with van der Waals surface area (Å²) in [4.78, 5) is 15.2. The third-order valence-corrected chi connectivity index (χ3v) is 6.17. The summed E-state index contributed by atoms with van der Waals surface area (Å²) in [6, 6.07) is 2.17. The number of hydrogen-bond acceptors (Lipinski definition) is 5. The first-order chi connectivity index (χ1) is 14.0. The molecule has 2 N–H and O–H groups in total. The minimum atomic E-state index is -0.934. The first-order valence-corrected chi connectivity index (χ1v) is 10.2. The van der Waals surface area contributed by atoms with Gasteiger partial charge in [0.25, 0.3) is 0 Å². The van der Waals surface area contributed by atoms with Crippen LogP contribution < -0.4 is 10.2 Å². The molecule has 7 nitrogen and oxygen atoms in total. The van der Waals surface area contributed by atoms with Crippen LogP contribution in [0.1, 0.15) is 32.1 Å². The van der Waals surface area contributed by atoms with Crippen LogP contribution in [0.15, 0.2) is 16.7 Å². The van der Waals surface area contributed by atoms with Crippen LogP contribution in [0.5, 0.6) is 0 Å². The fraction of sp³-hybridized carbons (Fsp3) is 0.600. The second kappa shape index (κ2) is 8.52. The van der Waals surface area contributed by atoms with E-state index in [4.69, 9.17) is 9.63 Å². The maximum atomic E-state index is 13.8. The number of amides is 1. The fourth-order valence-electron chi connectivity index (χ4n) is 4.50. The quantitative estimate of drug-likeness (QED) is 0.789. The van der Waals surface area contributed by atoms with Crippen molar-refractivity contribution in [1.29, 1.82) is 0 Å². The Morgan fingerprint density at radius 1 is 1.17 bits per heavy atom. The number of rotatable bonds is 5. The molecule has 4 rings (SSSR count). The molecule has 1 aliphatic heterocycles. The first kappa shape index (κ1) is 19.9. The summed E-state index contributed by atoms with van der Waals surface area (Å²) in [6.45, 7) is 4.20. The number of carboxylic acid groups (broad SMARTS) is 1. The highest BCUT2D eigenvalue weighted by atomic mass is 19.1. The van der Waals surface area contributed by atoms with Gasteiger partial charge in [-0.2, -0.15) is 0 Å². The lowest BCUT2D eigenvalue weighted by Crippen LogP contribution is -2.47. The van der Waals surface area contributed by atoms with Crippen LogP contribution in [0.3, 0.4) is 0 Å². The molecule has 2 aromatic rings. The number of nitrogens with one attached hydrogen (secondary N) is 1. The van der Waals surface area contributed by atoms with Crippen LogP contribution in [-0.2, 0) is 0 Å². The summed E-state index contributed by atoms with van der Waals surface area (Å²) >= 11 is 0. The molecule has 1 saturated heterocycles. The summed E-state index contributed by atoms with van der Waals surface area (Å²) in [5.74, 6) is -0.218. The zero-order chi connectivity index (χ0) is 20.4. The summed E-state index contributed by atoms with van der Waals surface area (Å²) in [6.07, 6.45) is 4.13. The number of anilines is 1.